The molecule has 0 radical (unpaired) electrons. The molecular formula is C16H17FO. The monoisotopic (exact) mass is 244 g/mol. The van der Waals surface area contributed by atoms with Crippen LogP contribution in [0.25, 0.3) is 5.57 Å². The maximum Gasteiger partial charge on any atom is 0.152 e. The van der Waals surface area contributed by atoms with Gasteiger partial charge in [-0.05, 0) is 44.1 Å². The Bertz CT molecular complexity index is 532. The molecule has 2 heteroatoms. The van der Waals surface area contributed by atoms with Crippen molar-refractivity contribution in [2.75, 3.05) is 0 Å². The number of rotatable bonds is 4. The molecule has 0 amide bonds. The highest BCUT2D eigenvalue weighted by Gasteiger charge is 2.09. The Labute approximate surface area is 107 Å². The Kier molecular flexibility index (Phi) is 4.78. The average molecular weight is 244 g/mol. The molecule has 1 nitrogen and oxygen atoms in total. The quantitative estimate of drug-likeness (QED) is 0.569. The molecule has 0 saturated carbocycles. The third-order valence-electron chi connectivity index (χ3n) is 2.55. The van der Waals surface area contributed by atoms with E-state index in [0.717, 1.165) is 11.1 Å². The summed E-state index contributed by atoms with van der Waals surface area (Å²) in [5.74, 6) is -0.354. The maximum atomic E-state index is 13.7. The predicted octanol–water partition coefficient (Wildman–Crippen LogP) is 4.32. The van der Waals surface area contributed by atoms with Crippen molar-refractivity contribution in [3.8, 4) is 0 Å². The van der Waals surface area contributed by atoms with Gasteiger partial charge in [0.1, 0.15) is 5.82 Å². The van der Waals surface area contributed by atoms with Gasteiger partial charge in [0.15, 0.2) is 5.78 Å². The second-order valence-corrected chi connectivity index (χ2v) is 4.32. The van der Waals surface area contributed by atoms with Gasteiger partial charge in [0.2, 0.25) is 0 Å². The molecule has 0 fully saturated rings. The van der Waals surface area contributed by atoms with E-state index in [-0.39, 0.29) is 11.6 Å². The number of ketones is 1. The van der Waals surface area contributed by atoms with E-state index in [1.807, 2.05) is 13.8 Å². The summed E-state index contributed by atoms with van der Waals surface area (Å²) in [7, 11) is 0. The lowest BCUT2D eigenvalue weighted by Gasteiger charge is -2.10. The van der Waals surface area contributed by atoms with Crippen LogP contribution in [0.15, 0.2) is 54.1 Å². The summed E-state index contributed by atoms with van der Waals surface area (Å²) < 4.78 is 13.7. The van der Waals surface area contributed by atoms with Crippen molar-refractivity contribution >= 4 is 11.4 Å². The molecule has 0 aliphatic carbocycles. The zero-order valence-electron chi connectivity index (χ0n) is 11.0. The van der Waals surface area contributed by atoms with E-state index in [2.05, 4.69) is 6.58 Å². The molecule has 94 valence electrons. The van der Waals surface area contributed by atoms with Crippen LogP contribution in [0, 0.1) is 5.82 Å². The molecule has 0 atom stereocenters. The molecule has 1 rings (SSSR count). The van der Waals surface area contributed by atoms with E-state index in [0.29, 0.717) is 11.1 Å². The Morgan fingerprint density at radius 2 is 1.78 bits per heavy atom. The standard InChI is InChI=1S/C16H17FO/c1-11(2)14(10-9-12(3)18)13(4)15-7-5-6-8-16(15)17/h5-10H,4H2,1-3H3/b10-9-. The highest BCUT2D eigenvalue weighted by molar-refractivity contribution is 5.90. The van der Waals surface area contributed by atoms with E-state index in [1.165, 1.54) is 19.1 Å². The Morgan fingerprint density at radius 1 is 1.17 bits per heavy atom. The highest BCUT2D eigenvalue weighted by Crippen LogP contribution is 2.26. The van der Waals surface area contributed by atoms with Gasteiger partial charge in [-0.25, -0.2) is 4.39 Å². The first-order valence-corrected chi connectivity index (χ1v) is 5.73. The van der Waals surface area contributed by atoms with Gasteiger partial charge in [0, 0.05) is 5.56 Å². The van der Waals surface area contributed by atoms with E-state index in [4.69, 9.17) is 0 Å². The first-order valence-electron chi connectivity index (χ1n) is 5.73. The summed E-state index contributed by atoms with van der Waals surface area (Å²) in [5, 5.41) is 0. The van der Waals surface area contributed by atoms with Crippen LogP contribution in [0.3, 0.4) is 0 Å². The first-order chi connectivity index (χ1) is 8.43. The minimum absolute atomic E-state index is 0.0462. The molecule has 18 heavy (non-hydrogen) atoms. The van der Waals surface area contributed by atoms with Crippen molar-refractivity contribution in [2.24, 2.45) is 0 Å². The van der Waals surface area contributed by atoms with Gasteiger partial charge in [-0.2, -0.15) is 0 Å². The van der Waals surface area contributed by atoms with Crippen LogP contribution >= 0.6 is 0 Å². The normalized spacial score (nSPS) is 10.4. The van der Waals surface area contributed by atoms with Crippen LogP contribution in [0.2, 0.25) is 0 Å². The predicted molar refractivity (Wildman–Crippen MR) is 73.6 cm³/mol. The molecule has 1 aromatic carbocycles. The van der Waals surface area contributed by atoms with Crippen LogP contribution in [-0.4, -0.2) is 5.78 Å². The fourth-order valence-electron chi connectivity index (χ4n) is 1.62. The van der Waals surface area contributed by atoms with Gasteiger partial charge in [-0.1, -0.05) is 36.4 Å². The summed E-state index contributed by atoms with van der Waals surface area (Å²) in [4.78, 5) is 11.0. The van der Waals surface area contributed by atoms with Crippen molar-refractivity contribution in [3.05, 3.63) is 65.5 Å². The average Bonchev–Trinajstić information content (AvgIpc) is 2.28. The second kappa shape index (κ2) is 6.10. The highest BCUT2D eigenvalue weighted by atomic mass is 19.1. The van der Waals surface area contributed by atoms with Gasteiger partial charge < -0.3 is 0 Å². The third kappa shape index (κ3) is 3.52. The van der Waals surface area contributed by atoms with Crippen molar-refractivity contribution < 1.29 is 9.18 Å². The number of hydrogen-bond donors (Lipinski definition) is 0. The molecule has 0 aliphatic rings. The van der Waals surface area contributed by atoms with E-state index < -0.39 is 0 Å². The van der Waals surface area contributed by atoms with Gasteiger partial charge in [-0.3, -0.25) is 4.79 Å². The number of halogens is 1. The second-order valence-electron chi connectivity index (χ2n) is 4.32. The molecule has 1 aromatic rings. The molecule has 0 bridgehead atoms. The van der Waals surface area contributed by atoms with E-state index in [9.17, 15) is 9.18 Å². The summed E-state index contributed by atoms with van der Waals surface area (Å²) in [6.45, 7) is 9.22. The number of hydrogen-bond acceptors (Lipinski definition) is 1. The Hall–Kier alpha value is -1.96. The maximum absolute atomic E-state index is 13.7. The summed E-state index contributed by atoms with van der Waals surface area (Å²) in [5.41, 5.74) is 2.82. The minimum atomic E-state index is -0.308. The number of carbonyl (C=O) groups excluding carboxylic acids is 1. The van der Waals surface area contributed by atoms with Crippen LogP contribution in [0.5, 0.6) is 0 Å². The summed E-state index contributed by atoms with van der Waals surface area (Å²) in [6.07, 6.45) is 3.15. The zero-order valence-corrected chi connectivity index (χ0v) is 11.0. The smallest absolute Gasteiger partial charge is 0.152 e. The summed E-state index contributed by atoms with van der Waals surface area (Å²) in [6, 6.07) is 6.49. The Morgan fingerprint density at radius 3 is 2.28 bits per heavy atom. The van der Waals surface area contributed by atoms with Gasteiger partial charge >= 0.3 is 0 Å². The van der Waals surface area contributed by atoms with Crippen LogP contribution in [-0.2, 0) is 4.79 Å². The number of carbonyl (C=O) groups is 1. The van der Waals surface area contributed by atoms with Crippen molar-refractivity contribution in [2.45, 2.75) is 20.8 Å². The fourth-order valence-corrected chi connectivity index (χ4v) is 1.62. The third-order valence-corrected chi connectivity index (χ3v) is 2.55. The lowest BCUT2D eigenvalue weighted by atomic mass is 9.95. The van der Waals surface area contributed by atoms with Crippen LogP contribution in [0.1, 0.15) is 26.3 Å². The van der Waals surface area contributed by atoms with E-state index in [1.54, 1.807) is 24.3 Å². The van der Waals surface area contributed by atoms with Gasteiger partial charge in [-0.15, -0.1) is 0 Å². The molecular weight excluding hydrogens is 227 g/mol. The molecule has 0 N–H and O–H groups in total. The molecule has 0 heterocycles. The molecule has 0 unspecified atom stereocenters. The lowest BCUT2D eigenvalue weighted by Crippen LogP contribution is -1.93. The lowest BCUT2D eigenvalue weighted by molar-refractivity contribution is -0.112. The molecule has 0 spiro atoms. The van der Waals surface area contributed by atoms with Crippen molar-refractivity contribution in [3.63, 3.8) is 0 Å². The van der Waals surface area contributed by atoms with Crippen molar-refractivity contribution in [1.29, 1.82) is 0 Å². The molecule has 0 aromatic heterocycles. The molecule has 0 aliphatic heterocycles. The topological polar surface area (TPSA) is 17.1 Å². The summed E-state index contributed by atoms with van der Waals surface area (Å²) >= 11 is 0. The largest absolute Gasteiger partial charge is 0.295 e. The Balaban J connectivity index is 3.18. The first kappa shape index (κ1) is 14.1. The fraction of sp³-hybridized carbons (Fsp3) is 0.188. The van der Waals surface area contributed by atoms with Gasteiger partial charge in [0.25, 0.3) is 0 Å². The minimum Gasteiger partial charge on any atom is -0.295 e. The van der Waals surface area contributed by atoms with E-state index >= 15 is 0 Å². The zero-order chi connectivity index (χ0) is 13.7. The van der Waals surface area contributed by atoms with Crippen LogP contribution < -0.4 is 0 Å². The van der Waals surface area contributed by atoms with Crippen molar-refractivity contribution in [1.82, 2.24) is 0 Å². The number of allylic oxidation sites excluding steroid dienone is 5. The SMILES string of the molecule is C=C(C(/C=C\C(C)=O)=C(C)C)c1ccccc1F. The molecule has 0 saturated heterocycles. The van der Waals surface area contributed by atoms with Gasteiger partial charge in [0.05, 0.1) is 0 Å². The van der Waals surface area contributed by atoms with Crippen LogP contribution in [0.4, 0.5) is 4.39 Å². The number of benzene rings is 1.